The molecule has 2 aliphatic heterocycles. The van der Waals surface area contributed by atoms with Crippen LogP contribution in [0.1, 0.15) is 45.7 Å². The average Bonchev–Trinajstić information content (AvgIpc) is 3.25. The third kappa shape index (κ3) is 5.56. The Morgan fingerprint density at radius 1 is 0.684 bits per heavy atom. The normalized spacial score (nSPS) is 22.4. The predicted octanol–water partition coefficient (Wildman–Crippen LogP) is 3.61. The molecule has 2 aliphatic rings. The van der Waals surface area contributed by atoms with E-state index < -0.39 is 20.6 Å². The molecular formula is C26H26Br2N4O6. The molecule has 0 N–H and O–H groups in total. The summed E-state index contributed by atoms with van der Waals surface area (Å²) in [5, 5.41) is 11.1. The van der Waals surface area contributed by atoms with Crippen LogP contribution in [0, 0.1) is 0 Å². The molecule has 10 nitrogen and oxygen atoms in total. The monoisotopic (exact) mass is 648 g/mol. The molecule has 0 saturated heterocycles. The van der Waals surface area contributed by atoms with Gasteiger partial charge in [-0.05, 0) is 49.2 Å². The van der Waals surface area contributed by atoms with Crippen LogP contribution in [-0.2, 0) is 19.1 Å². The number of carbonyl (C=O) groups is 4. The Kier molecular flexibility index (Phi) is 8.57. The zero-order chi connectivity index (χ0) is 28.4. The van der Waals surface area contributed by atoms with Gasteiger partial charge >= 0.3 is 11.9 Å². The fraction of sp³-hybridized carbons (Fsp3) is 0.308. The minimum Gasteiger partial charge on any atom is -0.465 e. The van der Waals surface area contributed by atoms with E-state index in [0.717, 1.165) is 11.1 Å². The second kappa shape index (κ2) is 11.2. The molecule has 0 spiro atoms. The first kappa shape index (κ1) is 29.2. The maximum Gasteiger partial charge on any atom is 0.337 e. The Morgan fingerprint density at radius 2 is 0.974 bits per heavy atom. The number of hydrogen-bond acceptors (Lipinski definition) is 8. The summed E-state index contributed by atoms with van der Waals surface area (Å²) in [4.78, 5) is 46.6. The van der Waals surface area contributed by atoms with E-state index in [1.54, 1.807) is 76.5 Å². The lowest BCUT2D eigenvalue weighted by atomic mass is 9.97. The van der Waals surface area contributed by atoms with Crippen LogP contribution < -0.4 is 0 Å². The van der Waals surface area contributed by atoms with E-state index in [0.29, 0.717) is 22.6 Å². The van der Waals surface area contributed by atoms with Crippen molar-refractivity contribution in [2.24, 2.45) is 10.2 Å². The van der Waals surface area contributed by atoms with Crippen molar-refractivity contribution >= 4 is 67.0 Å². The number of amides is 2. The molecule has 2 aromatic carbocycles. The molecule has 4 rings (SSSR count). The van der Waals surface area contributed by atoms with Crippen LogP contribution in [0.2, 0.25) is 0 Å². The van der Waals surface area contributed by atoms with Gasteiger partial charge in [0.05, 0.1) is 36.8 Å². The molecule has 0 fully saturated rings. The topological polar surface area (TPSA) is 118 Å². The maximum atomic E-state index is 11.9. The van der Waals surface area contributed by atoms with E-state index in [-0.39, 0.29) is 11.8 Å². The van der Waals surface area contributed by atoms with Gasteiger partial charge in [0, 0.05) is 14.1 Å². The first-order valence-electron chi connectivity index (χ1n) is 11.3. The zero-order valence-corrected chi connectivity index (χ0v) is 24.8. The Bertz CT molecular complexity index is 1230. The average molecular weight is 650 g/mol. The number of nitrogens with zero attached hydrogens (tertiary/aromatic N) is 4. The number of ether oxygens (including phenoxy) is 2. The molecule has 2 aromatic rings. The lowest BCUT2D eigenvalue weighted by Crippen LogP contribution is -2.37. The number of rotatable bonds is 4. The SMILES string of the molecule is COC(=O)c1ccc(C2=NN(C)C(=O)C2(C)Br)cc1.COC(=O)c1ccc(C2=NN(C)C(=O)C2(C)Br)cc1. The van der Waals surface area contributed by atoms with E-state index in [1.807, 2.05) is 0 Å². The molecule has 0 saturated carbocycles. The lowest BCUT2D eigenvalue weighted by Gasteiger charge is -2.16. The van der Waals surface area contributed by atoms with E-state index in [1.165, 1.54) is 24.2 Å². The minimum absolute atomic E-state index is 0.125. The van der Waals surface area contributed by atoms with Gasteiger partial charge in [-0.2, -0.15) is 10.2 Å². The highest BCUT2D eigenvalue weighted by Crippen LogP contribution is 2.32. The minimum atomic E-state index is -0.839. The fourth-order valence-corrected chi connectivity index (χ4v) is 4.94. The summed E-state index contributed by atoms with van der Waals surface area (Å²) in [6, 6.07) is 13.6. The lowest BCUT2D eigenvalue weighted by molar-refractivity contribution is -0.129. The van der Waals surface area contributed by atoms with Gasteiger partial charge in [0.2, 0.25) is 0 Å². The molecule has 38 heavy (non-hydrogen) atoms. The Hall–Kier alpha value is -3.38. The molecule has 0 aliphatic carbocycles. The van der Waals surface area contributed by atoms with Crippen LogP contribution in [0.5, 0.6) is 0 Å². The Morgan fingerprint density at radius 3 is 1.18 bits per heavy atom. The number of halogens is 2. The van der Waals surface area contributed by atoms with Gasteiger partial charge in [-0.15, -0.1) is 0 Å². The number of hydrogen-bond donors (Lipinski definition) is 0. The summed E-state index contributed by atoms with van der Waals surface area (Å²) in [7, 11) is 5.89. The first-order valence-corrected chi connectivity index (χ1v) is 12.8. The van der Waals surface area contributed by atoms with E-state index in [2.05, 4.69) is 51.5 Å². The standard InChI is InChI=1S/2C13H13BrN2O3/c2*1-13(14)10(15-16(2)12(13)18)8-4-6-9(7-5-8)11(17)19-3/h2*4-7H,1-3H3. The summed E-state index contributed by atoms with van der Waals surface area (Å²) in [6.45, 7) is 3.51. The number of carbonyl (C=O) groups excluding carboxylic acids is 4. The van der Waals surface area contributed by atoms with Gasteiger partial charge in [0.25, 0.3) is 11.8 Å². The molecule has 0 radical (unpaired) electrons. The van der Waals surface area contributed by atoms with Gasteiger partial charge in [-0.1, -0.05) is 56.1 Å². The Balaban J connectivity index is 0.000000211. The molecule has 0 aromatic heterocycles. The maximum absolute atomic E-state index is 11.9. The number of esters is 2. The molecule has 2 amide bonds. The number of methoxy groups -OCH3 is 2. The predicted molar refractivity (Wildman–Crippen MR) is 149 cm³/mol. The summed E-state index contributed by atoms with van der Waals surface area (Å²) in [5.41, 5.74) is 3.73. The van der Waals surface area contributed by atoms with Crippen molar-refractivity contribution in [1.29, 1.82) is 0 Å². The number of alkyl halides is 2. The second-order valence-electron chi connectivity index (χ2n) is 8.70. The van der Waals surface area contributed by atoms with Gasteiger partial charge in [-0.25, -0.2) is 19.6 Å². The first-order chi connectivity index (χ1) is 17.7. The smallest absolute Gasteiger partial charge is 0.337 e. The molecule has 200 valence electrons. The van der Waals surface area contributed by atoms with Gasteiger partial charge in [-0.3, -0.25) is 9.59 Å². The molecule has 2 unspecified atom stereocenters. The van der Waals surface area contributed by atoms with Gasteiger partial charge in [0.1, 0.15) is 8.65 Å². The summed E-state index contributed by atoms with van der Waals surface area (Å²) < 4.78 is 7.59. The third-order valence-electron chi connectivity index (χ3n) is 5.94. The fourth-order valence-electron chi connectivity index (χ4n) is 3.81. The Labute approximate surface area is 236 Å². The van der Waals surface area contributed by atoms with Gasteiger partial charge < -0.3 is 9.47 Å². The van der Waals surface area contributed by atoms with Crippen molar-refractivity contribution in [2.75, 3.05) is 28.3 Å². The van der Waals surface area contributed by atoms with Crippen LogP contribution in [0.15, 0.2) is 58.7 Å². The van der Waals surface area contributed by atoms with Crippen LogP contribution in [0.25, 0.3) is 0 Å². The van der Waals surface area contributed by atoms with Crippen molar-refractivity contribution in [1.82, 2.24) is 10.0 Å². The van der Waals surface area contributed by atoms with E-state index in [4.69, 9.17) is 0 Å². The van der Waals surface area contributed by atoms with Gasteiger partial charge in [0.15, 0.2) is 0 Å². The van der Waals surface area contributed by atoms with Crippen molar-refractivity contribution in [3.63, 3.8) is 0 Å². The highest BCUT2D eigenvalue weighted by atomic mass is 79.9. The zero-order valence-electron chi connectivity index (χ0n) is 21.6. The van der Waals surface area contributed by atoms with Crippen LogP contribution in [-0.4, -0.2) is 82.2 Å². The van der Waals surface area contributed by atoms with E-state index in [9.17, 15) is 19.2 Å². The molecular weight excluding hydrogens is 624 g/mol. The van der Waals surface area contributed by atoms with E-state index >= 15 is 0 Å². The summed E-state index contributed by atoms with van der Waals surface area (Å²) >= 11 is 6.80. The molecule has 12 heteroatoms. The van der Waals surface area contributed by atoms with Crippen molar-refractivity contribution in [3.05, 3.63) is 70.8 Å². The van der Waals surface area contributed by atoms with Crippen LogP contribution >= 0.6 is 31.9 Å². The van der Waals surface area contributed by atoms with Crippen molar-refractivity contribution in [3.8, 4) is 0 Å². The van der Waals surface area contributed by atoms with Crippen LogP contribution in [0.4, 0.5) is 0 Å². The highest BCUT2D eigenvalue weighted by molar-refractivity contribution is 9.10. The van der Waals surface area contributed by atoms with Crippen molar-refractivity contribution in [2.45, 2.75) is 22.5 Å². The largest absolute Gasteiger partial charge is 0.465 e. The summed E-state index contributed by atoms with van der Waals surface area (Å²) in [6.07, 6.45) is 0. The van der Waals surface area contributed by atoms with Crippen LogP contribution in [0.3, 0.4) is 0 Å². The highest BCUT2D eigenvalue weighted by Gasteiger charge is 2.45. The number of benzene rings is 2. The second-order valence-corrected chi connectivity index (χ2v) is 11.9. The molecule has 2 atom stereocenters. The van der Waals surface area contributed by atoms with Crippen molar-refractivity contribution < 1.29 is 28.7 Å². The molecule has 2 heterocycles. The quantitative estimate of drug-likeness (QED) is 0.369. The summed E-state index contributed by atoms with van der Waals surface area (Å²) in [5.74, 6) is -1.04. The third-order valence-corrected chi connectivity index (χ3v) is 7.37. The number of hydrazone groups is 2. The molecule has 0 bridgehead atoms.